The predicted molar refractivity (Wildman–Crippen MR) is 136 cm³/mol. The van der Waals surface area contributed by atoms with Crippen LogP contribution in [-0.4, -0.2) is 61.1 Å². The normalized spacial score (nSPS) is 44.6. The van der Waals surface area contributed by atoms with Crippen LogP contribution in [0.2, 0.25) is 0 Å². The molecule has 0 radical (unpaired) electrons. The van der Waals surface area contributed by atoms with Crippen LogP contribution < -0.4 is 0 Å². The van der Waals surface area contributed by atoms with Gasteiger partial charge >= 0.3 is 0 Å². The van der Waals surface area contributed by atoms with Crippen molar-refractivity contribution in [3.63, 3.8) is 0 Å². The van der Waals surface area contributed by atoms with E-state index in [0.29, 0.717) is 19.3 Å². The Balaban J connectivity index is 1.59. The summed E-state index contributed by atoms with van der Waals surface area (Å²) < 4.78 is 76.8. The van der Waals surface area contributed by atoms with Gasteiger partial charge in [-0.1, -0.05) is 39.8 Å². The molecule has 38 heavy (non-hydrogen) atoms. The first kappa shape index (κ1) is 30.4. The van der Waals surface area contributed by atoms with Crippen molar-refractivity contribution in [2.24, 2.45) is 52.3 Å². The molecule has 0 aromatic heterocycles. The van der Waals surface area contributed by atoms with E-state index in [0.717, 1.165) is 19.3 Å². The SMILES string of the molecule is CC(C)/C=C/[C@@H](COS(=O)(=O)[O-])[C@H]1CC[C@H]2[C@@H]3CC[C@@H]4[C@H](O)[C@H](OS(=O)(=O)[O-])CC[C@]4(C)[C@H]3[C@@H](O)C[C@]12C. The van der Waals surface area contributed by atoms with Crippen molar-refractivity contribution in [1.82, 2.24) is 0 Å². The van der Waals surface area contributed by atoms with E-state index in [1.165, 1.54) is 0 Å². The summed E-state index contributed by atoms with van der Waals surface area (Å²) in [6, 6.07) is 0. The lowest BCUT2D eigenvalue weighted by atomic mass is 9.43. The van der Waals surface area contributed by atoms with Crippen LogP contribution >= 0.6 is 0 Å². The summed E-state index contributed by atoms with van der Waals surface area (Å²) in [7, 11) is -9.77. The highest BCUT2D eigenvalue weighted by Gasteiger charge is 2.65. The zero-order valence-electron chi connectivity index (χ0n) is 22.6. The van der Waals surface area contributed by atoms with Crippen molar-refractivity contribution in [2.45, 2.75) is 91.0 Å². The van der Waals surface area contributed by atoms with Gasteiger partial charge in [0.05, 0.1) is 18.8 Å². The molecule has 2 N–H and O–H groups in total. The van der Waals surface area contributed by atoms with Crippen LogP contribution in [0.25, 0.3) is 0 Å². The molecule has 4 fully saturated rings. The van der Waals surface area contributed by atoms with E-state index in [1.807, 2.05) is 26.0 Å². The van der Waals surface area contributed by atoms with Crippen molar-refractivity contribution in [3.05, 3.63) is 12.2 Å². The smallest absolute Gasteiger partial charge is 0.217 e. The third-order valence-corrected chi connectivity index (χ3v) is 11.5. The molecule has 11 atom stereocenters. The first-order chi connectivity index (χ1) is 17.5. The Bertz CT molecular complexity index is 1110. The number of allylic oxidation sites excluding steroid dienone is 1. The molecular weight excluding hydrogens is 536 g/mol. The van der Waals surface area contributed by atoms with Gasteiger partial charge in [-0.15, -0.1) is 0 Å². The summed E-state index contributed by atoms with van der Waals surface area (Å²) in [5.41, 5.74) is -0.730. The molecule has 0 amide bonds. The van der Waals surface area contributed by atoms with Gasteiger partial charge in [0.1, 0.15) is 6.10 Å². The average molecular weight is 579 g/mol. The Kier molecular flexibility index (Phi) is 8.52. The van der Waals surface area contributed by atoms with Gasteiger partial charge in [0, 0.05) is 5.92 Å². The lowest BCUT2D eigenvalue weighted by molar-refractivity contribution is -0.204. The summed E-state index contributed by atoms with van der Waals surface area (Å²) in [6.45, 7) is 8.06. The Morgan fingerprint density at radius 3 is 2.18 bits per heavy atom. The molecule has 10 nitrogen and oxygen atoms in total. The molecule has 0 spiro atoms. The first-order valence-corrected chi connectivity index (χ1v) is 16.4. The summed E-state index contributed by atoms with van der Waals surface area (Å²) in [6.07, 6.45) is 5.51. The second kappa shape index (κ2) is 10.7. The van der Waals surface area contributed by atoms with E-state index in [4.69, 9.17) is 4.18 Å². The summed E-state index contributed by atoms with van der Waals surface area (Å²) in [5, 5.41) is 22.7. The van der Waals surface area contributed by atoms with E-state index in [2.05, 4.69) is 18.0 Å². The maximum Gasteiger partial charge on any atom is 0.217 e. The monoisotopic (exact) mass is 578 g/mol. The Labute approximate surface area is 227 Å². The third-order valence-electron chi connectivity index (χ3n) is 10.6. The minimum atomic E-state index is -4.94. The standard InChI is InChI=1S/C26H44O10S2/c1-15(2)5-6-16(14-35-37(29,30)31)18-9-10-19-17-7-8-20-24(28)22(36-38(32,33)34)11-12-25(20,3)23(17)21(27)13-26(18,19)4/h5-6,15-24,27-28H,7-14H2,1-4H3,(H,29,30,31)(H,32,33,34)/p-2/b6-5+/t16-,17-,18+,19-,20+,21-,22+,23+,24-,25-,26+/m0/s1. The molecule has 4 aliphatic rings. The second-order valence-corrected chi connectivity index (χ2v) is 15.1. The van der Waals surface area contributed by atoms with Gasteiger partial charge in [-0.2, -0.15) is 0 Å². The van der Waals surface area contributed by atoms with E-state index < -0.39 is 44.5 Å². The Hall–Kier alpha value is -0.600. The number of aliphatic hydroxyl groups excluding tert-OH is 2. The number of hydrogen-bond acceptors (Lipinski definition) is 10. The number of rotatable bonds is 8. The molecular formula is C26H42O10S2-2. The molecule has 4 saturated carbocycles. The summed E-state index contributed by atoms with van der Waals surface area (Å²) in [5.74, 6) is 0.0494. The van der Waals surface area contributed by atoms with Gasteiger partial charge in [-0.05, 0) is 91.3 Å². The van der Waals surface area contributed by atoms with Gasteiger partial charge in [-0.3, -0.25) is 8.37 Å². The Morgan fingerprint density at radius 1 is 0.921 bits per heavy atom. The lowest BCUT2D eigenvalue weighted by Crippen LogP contribution is -2.62. The molecule has 220 valence electrons. The predicted octanol–water partition coefficient (Wildman–Crippen LogP) is 2.74. The average Bonchev–Trinajstić information content (AvgIpc) is 3.10. The molecule has 0 heterocycles. The van der Waals surface area contributed by atoms with Crippen molar-refractivity contribution in [1.29, 1.82) is 0 Å². The third kappa shape index (κ3) is 5.88. The minimum Gasteiger partial charge on any atom is -0.726 e. The highest BCUT2D eigenvalue weighted by molar-refractivity contribution is 7.81. The van der Waals surface area contributed by atoms with Crippen LogP contribution in [0.5, 0.6) is 0 Å². The fourth-order valence-corrected chi connectivity index (χ4v) is 10.1. The maximum absolute atomic E-state index is 11.7. The van der Waals surface area contributed by atoms with Crippen molar-refractivity contribution < 1.29 is 44.5 Å². The lowest BCUT2D eigenvalue weighted by Gasteiger charge is -2.63. The van der Waals surface area contributed by atoms with Crippen LogP contribution in [0.4, 0.5) is 0 Å². The largest absolute Gasteiger partial charge is 0.726 e. The molecule has 0 aromatic rings. The van der Waals surface area contributed by atoms with Crippen LogP contribution in [0.15, 0.2) is 12.2 Å². The quantitative estimate of drug-likeness (QED) is 0.248. The fourth-order valence-electron chi connectivity index (χ4n) is 9.26. The van der Waals surface area contributed by atoms with Crippen molar-refractivity contribution in [2.75, 3.05) is 6.61 Å². The molecule has 0 unspecified atom stereocenters. The molecule has 4 rings (SSSR count). The molecule has 12 heteroatoms. The summed E-state index contributed by atoms with van der Waals surface area (Å²) >= 11 is 0. The van der Waals surface area contributed by atoms with Crippen molar-refractivity contribution >= 4 is 20.8 Å². The molecule has 0 aromatic carbocycles. The number of fused-ring (bicyclic) bond motifs is 5. The van der Waals surface area contributed by atoms with E-state index in [-0.39, 0.29) is 59.9 Å². The first-order valence-electron chi connectivity index (χ1n) is 13.7. The fraction of sp³-hybridized carbons (Fsp3) is 0.923. The second-order valence-electron chi connectivity index (χ2n) is 13.0. The molecule has 4 aliphatic carbocycles. The van der Waals surface area contributed by atoms with E-state index in [9.17, 15) is 36.2 Å². The van der Waals surface area contributed by atoms with Gasteiger partial charge in [0.15, 0.2) is 0 Å². The minimum absolute atomic E-state index is 0.0300. The van der Waals surface area contributed by atoms with Gasteiger partial charge in [0.2, 0.25) is 20.8 Å². The highest BCUT2D eigenvalue weighted by atomic mass is 32.3. The number of aliphatic hydroxyl groups is 2. The topological polar surface area (TPSA) is 173 Å². The van der Waals surface area contributed by atoms with Gasteiger partial charge in [0.25, 0.3) is 0 Å². The summed E-state index contributed by atoms with van der Waals surface area (Å²) in [4.78, 5) is 0. The van der Waals surface area contributed by atoms with Gasteiger partial charge in [-0.25, -0.2) is 16.8 Å². The Morgan fingerprint density at radius 2 is 1.58 bits per heavy atom. The van der Waals surface area contributed by atoms with Crippen molar-refractivity contribution in [3.8, 4) is 0 Å². The molecule has 0 aliphatic heterocycles. The van der Waals surface area contributed by atoms with E-state index >= 15 is 0 Å². The van der Waals surface area contributed by atoms with Crippen LogP contribution in [0.1, 0.15) is 72.6 Å². The zero-order chi connectivity index (χ0) is 28.3. The van der Waals surface area contributed by atoms with Crippen LogP contribution in [0, 0.1) is 52.3 Å². The van der Waals surface area contributed by atoms with Gasteiger partial charge < -0.3 is 19.3 Å². The number of hydrogen-bond donors (Lipinski definition) is 2. The highest BCUT2D eigenvalue weighted by Crippen LogP contribution is 2.68. The van der Waals surface area contributed by atoms with Crippen LogP contribution in [-0.2, 0) is 29.2 Å². The zero-order valence-corrected chi connectivity index (χ0v) is 24.2. The molecule has 0 bridgehead atoms. The van der Waals surface area contributed by atoms with E-state index in [1.54, 1.807) is 0 Å². The maximum atomic E-state index is 11.7. The van der Waals surface area contributed by atoms with Crippen LogP contribution in [0.3, 0.4) is 0 Å². The molecule has 0 saturated heterocycles.